The first-order chi connectivity index (χ1) is 28.6. The zero-order valence-corrected chi connectivity index (χ0v) is 35.6. The van der Waals surface area contributed by atoms with Gasteiger partial charge < -0.3 is 23.3 Å². The van der Waals surface area contributed by atoms with E-state index in [0.717, 1.165) is 28.0 Å². The fourth-order valence-corrected chi connectivity index (χ4v) is 6.90. The topological polar surface area (TPSA) is 54.2 Å². The van der Waals surface area contributed by atoms with E-state index in [0.29, 0.717) is 39.7 Å². The van der Waals surface area contributed by atoms with Crippen LogP contribution in [0.3, 0.4) is 0 Å². The highest BCUT2D eigenvalue weighted by molar-refractivity contribution is 6.44. The van der Waals surface area contributed by atoms with Crippen LogP contribution in [0.25, 0.3) is 34.0 Å². The predicted molar refractivity (Wildman–Crippen MR) is 236 cm³/mol. The van der Waals surface area contributed by atoms with Crippen molar-refractivity contribution in [1.29, 1.82) is 0 Å². The summed E-state index contributed by atoms with van der Waals surface area (Å²) in [6.45, 7) is 8.98. The highest BCUT2D eigenvalue weighted by Crippen LogP contribution is 2.40. The van der Waals surface area contributed by atoms with Gasteiger partial charge in [-0.1, -0.05) is 102 Å². The molecule has 2 unspecified atom stereocenters. The largest absolute Gasteiger partial charge is 0.598 e. The molecule has 0 amide bonds. The number of benzene rings is 4. The molecular formula is C49H53BF4N2O4. The summed E-state index contributed by atoms with van der Waals surface area (Å²) in [6.07, 6.45) is -0.0169. The van der Waals surface area contributed by atoms with Gasteiger partial charge in [-0.2, -0.15) is 0 Å². The minimum atomic E-state index is -1.99. The van der Waals surface area contributed by atoms with Crippen LogP contribution in [-0.4, -0.2) is 70.6 Å². The number of rotatable bonds is 16. The first-order valence-electron chi connectivity index (χ1n) is 20.0. The number of hydrogen-bond acceptors (Lipinski definition) is 5. The quantitative estimate of drug-likeness (QED) is 0.0735. The van der Waals surface area contributed by atoms with Gasteiger partial charge in [0.15, 0.2) is 0 Å². The number of allylic oxidation sites excluding steroid dienone is 2. The number of methoxy groups -OCH3 is 2. The van der Waals surface area contributed by atoms with Gasteiger partial charge in [-0.05, 0) is 93.3 Å². The van der Waals surface area contributed by atoms with Crippen LogP contribution in [-0.2, 0) is 20.1 Å². The molecule has 11 heteroatoms. The number of halogens is 4. The van der Waals surface area contributed by atoms with Gasteiger partial charge in [0, 0.05) is 28.1 Å². The number of aromatic nitrogens is 1. The third-order valence-corrected chi connectivity index (χ3v) is 10.4. The van der Waals surface area contributed by atoms with Crippen LogP contribution in [0.5, 0.6) is 11.5 Å². The normalized spacial score (nSPS) is 14.8. The number of aliphatic imine (C=N–C) groups is 1. The predicted octanol–water partition coefficient (Wildman–Crippen LogP) is 11.8. The van der Waals surface area contributed by atoms with E-state index in [1.54, 1.807) is 30.8 Å². The molecule has 6 nitrogen and oxygen atoms in total. The Labute approximate surface area is 351 Å². The lowest BCUT2D eigenvalue weighted by atomic mass is 9.86. The fraction of sp³-hybridized carbons (Fsp3) is 0.327. The lowest BCUT2D eigenvalue weighted by molar-refractivity contribution is 0.0997. The van der Waals surface area contributed by atoms with Crippen molar-refractivity contribution in [1.82, 2.24) is 4.48 Å². The van der Waals surface area contributed by atoms with Crippen LogP contribution in [0.2, 0.25) is 0 Å². The van der Waals surface area contributed by atoms with Gasteiger partial charge >= 0.3 is 7.25 Å². The Balaban J connectivity index is 1.64. The van der Waals surface area contributed by atoms with E-state index in [2.05, 4.69) is 96.1 Å². The van der Waals surface area contributed by atoms with Crippen LogP contribution in [0.4, 0.5) is 17.6 Å². The maximum atomic E-state index is 14.6. The Bertz CT molecular complexity index is 2290. The van der Waals surface area contributed by atoms with Crippen LogP contribution in [0.1, 0.15) is 69.5 Å². The number of alkyl halides is 4. The summed E-state index contributed by atoms with van der Waals surface area (Å²) in [5, 5.41) is 0. The SMILES string of the molecule is COc1ccc(-c2cc(-c3ccc(OC)cc3)n(B(OCC(F)CF)OCC(F)CF)c2/C=C2\N=C(c3ccc(C(C)(C)C)cc3)C=C2c2ccc(C(C)(C)C)cc2)cc1. The summed E-state index contributed by atoms with van der Waals surface area (Å²) in [6, 6.07) is 33.4. The molecule has 0 bridgehead atoms. The third kappa shape index (κ3) is 10.3. The summed E-state index contributed by atoms with van der Waals surface area (Å²) in [7, 11) is 1.63. The number of hydrogen-bond donors (Lipinski definition) is 0. The smallest absolute Gasteiger partial charge is 0.497 e. The molecule has 5 aromatic rings. The Morgan fingerprint density at radius 1 is 0.633 bits per heavy atom. The van der Waals surface area contributed by atoms with Gasteiger partial charge in [0.05, 0.1) is 38.8 Å². The average Bonchev–Trinajstić information content (AvgIpc) is 3.85. The monoisotopic (exact) mass is 820 g/mol. The molecule has 4 aromatic carbocycles. The molecule has 0 N–H and O–H groups in total. The van der Waals surface area contributed by atoms with E-state index >= 15 is 0 Å². The Kier molecular flexibility index (Phi) is 13.9. The van der Waals surface area contributed by atoms with Crippen molar-refractivity contribution in [3.63, 3.8) is 0 Å². The zero-order valence-electron chi connectivity index (χ0n) is 35.6. The first-order valence-corrected chi connectivity index (χ1v) is 20.0. The number of ether oxygens (including phenoxy) is 2. The molecule has 0 saturated heterocycles. The minimum absolute atomic E-state index is 0.0405. The van der Waals surface area contributed by atoms with Crippen LogP contribution >= 0.6 is 0 Å². The molecule has 0 fully saturated rings. The highest BCUT2D eigenvalue weighted by atomic mass is 19.2. The molecule has 60 heavy (non-hydrogen) atoms. The van der Waals surface area contributed by atoms with Crippen molar-refractivity contribution in [3.05, 3.63) is 143 Å². The van der Waals surface area contributed by atoms with Gasteiger partial charge in [-0.15, -0.1) is 0 Å². The Morgan fingerprint density at radius 3 is 1.53 bits per heavy atom. The number of nitrogens with zero attached hydrogens (tertiary/aromatic N) is 2. The van der Waals surface area contributed by atoms with E-state index < -0.39 is 46.2 Å². The summed E-state index contributed by atoms with van der Waals surface area (Å²) in [5.74, 6) is 1.26. The molecule has 2 heterocycles. The zero-order chi connectivity index (χ0) is 43.2. The average molecular weight is 821 g/mol. The maximum Gasteiger partial charge on any atom is 0.598 e. The third-order valence-electron chi connectivity index (χ3n) is 10.4. The molecule has 0 aliphatic carbocycles. The first kappa shape index (κ1) is 44.2. The van der Waals surface area contributed by atoms with E-state index in [1.807, 2.05) is 48.5 Å². The van der Waals surface area contributed by atoms with E-state index in [4.69, 9.17) is 23.8 Å². The van der Waals surface area contributed by atoms with Gasteiger partial charge in [0.25, 0.3) is 0 Å². The summed E-state index contributed by atoms with van der Waals surface area (Å²) < 4.78 is 80.9. The molecule has 1 aromatic heterocycles. The minimum Gasteiger partial charge on any atom is -0.497 e. The van der Waals surface area contributed by atoms with Crippen molar-refractivity contribution < 1.29 is 36.3 Å². The van der Waals surface area contributed by atoms with E-state index in [9.17, 15) is 17.6 Å². The summed E-state index contributed by atoms with van der Waals surface area (Å²) >= 11 is 0. The van der Waals surface area contributed by atoms with Crippen LogP contribution in [0, 0.1) is 0 Å². The Morgan fingerprint density at radius 2 is 1.08 bits per heavy atom. The van der Waals surface area contributed by atoms with Crippen molar-refractivity contribution >= 4 is 24.6 Å². The van der Waals surface area contributed by atoms with Crippen molar-refractivity contribution in [2.24, 2.45) is 4.99 Å². The van der Waals surface area contributed by atoms with Crippen LogP contribution < -0.4 is 9.47 Å². The highest BCUT2D eigenvalue weighted by Gasteiger charge is 2.33. The fourth-order valence-electron chi connectivity index (χ4n) is 6.90. The second-order valence-electron chi connectivity index (χ2n) is 16.9. The lowest BCUT2D eigenvalue weighted by Crippen LogP contribution is -2.38. The summed E-state index contributed by atoms with van der Waals surface area (Å²) in [4.78, 5) is 5.25. The molecule has 0 radical (unpaired) electrons. The van der Waals surface area contributed by atoms with Crippen molar-refractivity contribution in [2.45, 2.75) is 64.7 Å². The molecule has 1 aliphatic heterocycles. The second kappa shape index (κ2) is 18.9. The van der Waals surface area contributed by atoms with Gasteiger partial charge in [0.1, 0.15) is 37.2 Å². The van der Waals surface area contributed by atoms with Gasteiger partial charge in [-0.25, -0.2) is 22.6 Å². The van der Waals surface area contributed by atoms with Crippen molar-refractivity contribution in [3.8, 4) is 33.9 Å². The second-order valence-corrected chi connectivity index (χ2v) is 16.9. The Hall–Kier alpha value is -5.39. The summed E-state index contributed by atoms with van der Waals surface area (Å²) in [5.41, 5.74) is 9.46. The van der Waals surface area contributed by atoms with Crippen molar-refractivity contribution in [2.75, 3.05) is 40.8 Å². The molecular weight excluding hydrogens is 767 g/mol. The lowest BCUT2D eigenvalue weighted by Gasteiger charge is -2.22. The molecule has 0 saturated carbocycles. The van der Waals surface area contributed by atoms with Crippen LogP contribution in [0.15, 0.2) is 120 Å². The molecule has 1 aliphatic rings. The van der Waals surface area contributed by atoms with Gasteiger partial charge in [-0.3, -0.25) is 0 Å². The molecule has 0 spiro atoms. The van der Waals surface area contributed by atoms with Gasteiger partial charge in [0.2, 0.25) is 0 Å². The molecule has 6 rings (SSSR count). The molecule has 314 valence electrons. The maximum absolute atomic E-state index is 14.6. The van der Waals surface area contributed by atoms with E-state index in [-0.39, 0.29) is 10.8 Å². The van der Waals surface area contributed by atoms with E-state index in [1.165, 1.54) is 11.1 Å². The molecule has 2 atom stereocenters. The standard InChI is InChI=1S/C49H53BF4N2O4/c1-48(2,3)36-17-9-32(10-18-36)42-25-44(34-11-19-37(20-12-34)49(4,5)6)55-45(42)27-47-43(33-13-21-40(57-7)22-14-33)26-46(35-15-23-41(58-8)24-16-35)56(47)50(59-30-38(53)28-51)60-31-39(54)29-52/h9-27,38-39H,28-31H2,1-8H3/b45-27-.